The first-order valence-corrected chi connectivity index (χ1v) is 5.35. The maximum atomic E-state index is 9.12. The van der Waals surface area contributed by atoms with Crippen LogP contribution in [-0.2, 0) is 0 Å². The molecule has 2 N–H and O–H groups in total. The van der Waals surface area contributed by atoms with Gasteiger partial charge in [0.05, 0.1) is 12.7 Å². The minimum Gasteiger partial charge on any atom is -0.394 e. The molecule has 1 saturated carbocycles. The van der Waals surface area contributed by atoms with Crippen molar-refractivity contribution in [2.45, 2.75) is 51.1 Å². The third kappa shape index (κ3) is 3.28. The van der Waals surface area contributed by atoms with Gasteiger partial charge in [0.1, 0.15) is 0 Å². The standard InChI is InChI=1S/C11H20N2O/c1-11(2,8-14)13-10-5-3-4-9(6-10)7-12/h9-10,13-14H,3-6,8H2,1-2H3/t9-,10+/m1/s1. The van der Waals surface area contributed by atoms with Crippen molar-refractivity contribution in [1.82, 2.24) is 5.32 Å². The lowest BCUT2D eigenvalue weighted by molar-refractivity contribution is 0.159. The lowest BCUT2D eigenvalue weighted by Gasteiger charge is -2.33. The quantitative estimate of drug-likeness (QED) is 0.718. The molecule has 14 heavy (non-hydrogen) atoms. The van der Waals surface area contributed by atoms with Gasteiger partial charge < -0.3 is 10.4 Å². The number of nitrogens with zero attached hydrogens (tertiary/aromatic N) is 1. The first-order chi connectivity index (χ1) is 6.57. The van der Waals surface area contributed by atoms with E-state index in [1.165, 1.54) is 0 Å². The molecule has 3 heteroatoms. The zero-order valence-corrected chi connectivity index (χ0v) is 9.08. The van der Waals surface area contributed by atoms with Crippen molar-refractivity contribution < 1.29 is 5.11 Å². The summed E-state index contributed by atoms with van der Waals surface area (Å²) in [7, 11) is 0. The predicted octanol–water partition coefficient (Wildman–Crippen LogP) is 1.43. The van der Waals surface area contributed by atoms with E-state index in [1.807, 2.05) is 13.8 Å². The Morgan fingerprint density at radius 2 is 2.21 bits per heavy atom. The van der Waals surface area contributed by atoms with Crippen molar-refractivity contribution in [3.05, 3.63) is 0 Å². The lowest BCUT2D eigenvalue weighted by Crippen LogP contribution is -2.49. The van der Waals surface area contributed by atoms with Crippen molar-refractivity contribution in [3.63, 3.8) is 0 Å². The van der Waals surface area contributed by atoms with Crippen molar-refractivity contribution in [1.29, 1.82) is 5.26 Å². The predicted molar refractivity (Wildman–Crippen MR) is 55.7 cm³/mol. The summed E-state index contributed by atoms with van der Waals surface area (Å²) in [6.45, 7) is 4.12. The van der Waals surface area contributed by atoms with Gasteiger partial charge in [0.25, 0.3) is 0 Å². The summed E-state index contributed by atoms with van der Waals surface area (Å²) in [6, 6.07) is 2.73. The van der Waals surface area contributed by atoms with Crippen molar-refractivity contribution in [2.24, 2.45) is 5.92 Å². The smallest absolute Gasteiger partial charge is 0.0656 e. The fraction of sp³-hybridized carbons (Fsp3) is 0.909. The van der Waals surface area contributed by atoms with Crippen LogP contribution in [0.1, 0.15) is 39.5 Å². The summed E-state index contributed by atoms with van der Waals surface area (Å²) >= 11 is 0. The molecule has 0 aromatic carbocycles. The second-order valence-electron chi connectivity index (χ2n) is 4.88. The SMILES string of the molecule is CC(C)(CO)N[C@H]1CCC[C@@H](C#N)C1. The van der Waals surface area contributed by atoms with Crippen molar-refractivity contribution >= 4 is 0 Å². The average Bonchev–Trinajstić information content (AvgIpc) is 2.17. The van der Waals surface area contributed by atoms with Crippen LogP contribution in [0.2, 0.25) is 0 Å². The highest BCUT2D eigenvalue weighted by Gasteiger charge is 2.26. The van der Waals surface area contributed by atoms with Crippen molar-refractivity contribution in [2.75, 3.05) is 6.61 Å². The fourth-order valence-corrected chi connectivity index (χ4v) is 2.04. The molecule has 0 amide bonds. The first-order valence-electron chi connectivity index (χ1n) is 5.35. The molecule has 80 valence electrons. The molecule has 0 unspecified atom stereocenters. The Kier molecular flexibility index (Phi) is 3.91. The summed E-state index contributed by atoms with van der Waals surface area (Å²) in [6.07, 6.45) is 4.22. The Hall–Kier alpha value is -0.590. The van der Waals surface area contributed by atoms with Crippen LogP contribution in [0.25, 0.3) is 0 Å². The van der Waals surface area contributed by atoms with E-state index in [-0.39, 0.29) is 18.1 Å². The lowest BCUT2D eigenvalue weighted by atomic mass is 9.85. The average molecular weight is 196 g/mol. The van der Waals surface area contributed by atoms with E-state index in [9.17, 15) is 0 Å². The van der Waals surface area contributed by atoms with Gasteiger partial charge >= 0.3 is 0 Å². The monoisotopic (exact) mass is 196 g/mol. The van der Waals surface area contributed by atoms with Gasteiger partial charge in [0.2, 0.25) is 0 Å². The molecule has 0 saturated heterocycles. The summed E-state index contributed by atoms with van der Waals surface area (Å²) in [4.78, 5) is 0. The summed E-state index contributed by atoms with van der Waals surface area (Å²) < 4.78 is 0. The number of aliphatic hydroxyl groups is 1. The highest BCUT2D eigenvalue weighted by atomic mass is 16.3. The molecule has 1 fully saturated rings. The normalized spacial score (nSPS) is 28.4. The summed E-state index contributed by atoms with van der Waals surface area (Å²) in [5.74, 6) is 0.204. The Morgan fingerprint density at radius 1 is 1.50 bits per heavy atom. The van der Waals surface area contributed by atoms with Crippen molar-refractivity contribution in [3.8, 4) is 6.07 Å². The van der Waals surface area contributed by atoms with Crippen LogP contribution >= 0.6 is 0 Å². The van der Waals surface area contributed by atoms with E-state index in [2.05, 4.69) is 11.4 Å². The summed E-state index contributed by atoms with van der Waals surface area (Å²) in [5, 5.41) is 21.4. The van der Waals surface area contributed by atoms with E-state index in [0.717, 1.165) is 25.7 Å². The molecule has 0 aliphatic heterocycles. The maximum Gasteiger partial charge on any atom is 0.0656 e. The molecule has 2 atom stereocenters. The van der Waals surface area contributed by atoms with E-state index in [0.29, 0.717) is 6.04 Å². The zero-order chi connectivity index (χ0) is 10.6. The summed E-state index contributed by atoms with van der Waals surface area (Å²) in [5.41, 5.74) is -0.220. The van der Waals surface area contributed by atoms with Gasteiger partial charge in [-0.1, -0.05) is 6.42 Å². The molecule has 3 nitrogen and oxygen atoms in total. The molecule has 0 aromatic heterocycles. The molecule has 0 aromatic rings. The molecule has 0 spiro atoms. The van der Waals surface area contributed by atoms with Crippen LogP contribution in [0, 0.1) is 17.2 Å². The molecule has 1 aliphatic carbocycles. The van der Waals surface area contributed by atoms with Crippen LogP contribution in [-0.4, -0.2) is 23.3 Å². The molecule has 0 bridgehead atoms. The van der Waals surface area contributed by atoms with Gasteiger partial charge in [-0.25, -0.2) is 0 Å². The fourth-order valence-electron chi connectivity index (χ4n) is 2.04. The molecule has 1 rings (SSSR count). The van der Waals surface area contributed by atoms with E-state index in [4.69, 9.17) is 10.4 Å². The first kappa shape index (κ1) is 11.5. The largest absolute Gasteiger partial charge is 0.394 e. The van der Waals surface area contributed by atoms with Crippen LogP contribution in [0.5, 0.6) is 0 Å². The van der Waals surface area contributed by atoms with Crippen LogP contribution in [0.4, 0.5) is 0 Å². The van der Waals surface area contributed by atoms with Gasteiger partial charge in [0.15, 0.2) is 0 Å². The number of hydrogen-bond donors (Lipinski definition) is 2. The van der Waals surface area contributed by atoms with Gasteiger partial charge in [0, 0.05) is 17.5 Å². The number of nitriles is 1. The highest BCUT2D eigenvalue weighted by molar-refractivity contribution is 4.92. The second kappa shape index (κ2) is 4.77. The van der Waals surface area contributed by atoms with Gasteiger partial charge in [-0.3, -0.25) is 0 Å². The van der Waals surface area contributed by atoms with E-state index in [1.54, 1.807) is 0 Å². The van der Waals surface area contributed by atoms with Crippen LogP contribution < -0.4 is 5.32 Å². The van der Waals surface area contributed by atoms with Gasteiger partial charge in [-0.2, -0.15) is 5.26 Å². The molecular formula is C11H20N2O. The number of aliphatic hydroxyl groups excluding tert-OH is 1. The molecular weight excluding hydrogens is 176 g/mol. The second-order valence-corrected chi connectivity index (χ2v) is 4.88. The minimum atomic E-state index is -0.220. The Labute approximate surface area is 86.1 Å². The number of hydrogen-bond acceptors (Lipinski definition) is 3. The molecule has 0 radical (unpaired) electrons. The Balaban J connectivity index is 2.42. The Morgan fingerprint density at radius 3 is 2.79 bits per heavy atom. The Bertz CT molecular complexity index is 220. The topological polar surface area (TPSA) is 56.0 Å². The van der Waals surface area contributed by atoms with Crippen LogP contribution in [0.15, 0.2) is 0 Å². The third-order valence-corrected chi connectivity index (χ3v) is 2.85. The number of nitrogens with one attached hydrogen (secondary N) is 1. The van der Waals surface area contributed by atoms with Gasteiger partial charge in [-0.05, 0) is 33.1 Å². The minimum absolute atomic E-state index is 0.140. The van der Waals surface area contributed by atoms with E-state index < -0.39 is 0 Å². The third-order valence-electron chi connectivity index (χ3n) is 2.85. The zero-order valence-electron chi connectivity index (χ0n) is 9.08. The van der Waals surface area contributed by atoms with Gasteiger partial charge in [-0.15, -0.1) is 0 Å². The molecule has 0 heterocycles. The molecule has 1 aliphatic rings. The number of rotatable bonds is 3. The highest BCUT2D eigenvalue weighted by Crippen LogP contribution is 2.24. The maximum absolute atomic E-state index is 9.12. The van der Waals surface area contributed by atoms with E-state index >= 15 is 0 Å². The van der Waals surface area contributed by atoms with Crippen LogP contribution in [0.3, 0.4) is 0 Å².